The number of likely N-dealkylation sites (N-methyl/N-ethyl adjacent to an activating group) is 1. The first kappa shape index (κ1) is 27.9. The summed E-state index contributed by atoms with van der Waals surface area (Å²) in [6, 6.07) is 12.7. The van der Waals surface area contributed by atoms with E-state index in [9.17, 15) is 8.78 Å². The minimum atomic E-state index is -2.67. The van der Waals surface area contributed by atoms with Crippen molar-refractivity contribution in [2.24, 2.45) is 10.2 Å². The van der Waals surface area contributed by atoms with Crippen LogP contribution in [0.1, 0.15) is 43.4 Å². The maximum atomic E-state index is 15.2. The lowest BCUT2D eigenvalue weighted by Crippen LogP contribution is -2.34. The summed E-state index contributed by atoms with van der Waals surface area (Å²) in [7, 11) is 1.87. The molecule has 0 unspecified atom stereocenters. The van der Waals surface area contributed by atoms with Crippen LogP contribution >= 0.6 is 0 Å². The zero-order valence-electron chi connectivity index (χ0n) is 21.6. The first-order valence-corrected chi connectivity index (χ1v) is 12.5. The number of halogens is 3. The number of nitrogens with one attached hydrogen (secondary N) is 2. The van der Waals surface area contributed by atoms with Crippen LogP contribution in [-0.2, 0) is 6.54 Å². The molecule has 0 saturated heterocycles. The average molecular weight is 510 g/mol. The molecule has 196 valence electrons. The van der Waals surface area contributed by atoms with Crippen molar-refractivity contribution < 1.29 is 13.2 Å². The highest BCUT2D eigenvalue weighted by molar-refractivity contribution is 6.15. The van der Waals surface area contributed by atoms with Crippen molar-refractivity contribution in [3.63, 3.8) is 0 Å². The first-order valence-electron chi connectivity index (χ1n) is 12.5. The number of hydrogen-bond acceptors (Lipinski definition) is 5. The highest BCUT2D eigenvalue weighted by Crippen LogP contribution is 2.28. The number of hydrogen-bond donors (Lipinski definition) is 2. The Morgan fingerprint density at radius 3 is 2.54 bits per heavy atom. The summed E-state index contributed by atoms with van der Waals surface area (Å²) in [5.41, 5.74) is 4.05. The SMILES string of the molecule is C=C(NCCNC)N(Cc1ccc(C2=NN=C(C(F)F)C2)cc1F)c1cccc(C2=CCC=C2)c1.CC. The lowest BCUT2D eigenvalue weighted by molar-refractivity contribution is 0.224. The van der Waals surface area contributed by atoms with Gasteiger partial charge in [-0.25, -0.2) is 13.2 Å². The lowest BCUT2D eigenvalue weighted by atomic mass is 10.0. The average Bonchev–Trinajstić information content (AvgIpc) is 3.62. The van der Waals surface area contributed by atoms with Crippen LogP contribution in [0.5, 0.6) is 0 Å². The highest BCUT2D eigenvalue weighted by atomic mass is 19.3. The summed E-state index contributed by atoms with van der Waals surface area (Å²) in [6.45, 7) is 9.84. The summed E-state index contributed by atoms with van der Waals surface area (Å²) in [4.78, 5) is 1.93. The van der Waals surface area contributed by atoms with Crippen molar-refractivity contribution in [1.82, 2.24) is 10.6 Å². The summed E-state index contributed by atoms with van der Waals surface area (Å²) in [6.07, 6.45) is 4.54. The summed E-state index contributed by atoms with van der Waals surface area (Å²) in [5, 5.41) is 13.7. The molecule has 0 amide bonds. The molecule has 0 fully saturated rings. The van der Waals surface area contributed by atoms with E-state index in [2.05, 4.69) is 51.7 Å². The molecular formula is C29H34F3N5. The molecule has 2 aromatic carbocycles. The number of alkyl halides is 2. The van der Waals surface area contributed by atoms with Gasteiger partial charge < -0.3 is 15.5 Å². The fourth-order valence-electron chi connectivity index (χ4n) is 3.97. The summed E-state index contributed by atoms with van der Waals surface area (Å²) in [5.74, 6) is 0.202. The van der Waals surface area contributed by atoms with Gasteiger partial charge in [0.15, 0.2) is 0 Å². The standard InChI is InChI=1S/C27H28F3N5.C2H6/c1-18(32-13-12-31-2)35(23-9-5-8-20(14-23)19-6-3-4-7-19)17-22-11-10-21(15-24(22)28)25-16-26(27(29)30)34-33-25;1-2/h3,5-11,14-15,27,31-32H,1,4,12-13,16-17H2,2H3;1-2H3. The zero-order chi connectivity index (χ0) is 26.8. The maximum absolute atomic E-state index is 15.2. The lowest BCUT2D eigenvalue weighted by Gasteiger charge is -2.28. The third-order valence-electron chi connectivity index (χ3n) is 5.91. The minimum Gasteiger partial charge on any atom is -0.371 e. The molecule has 0 atom stereocenters. The van der Waals surface area contributed by atoms with Gasteiger partial charge in [-0.3, -0.25) is 0 Å². The second-order valence-electron chi connectivity index (χ2n) is 8.33. The van der Waals surface area contributed by atoms with Gasteiger partial charge in [0, 0.05) is 36.3 Å². The topological polar surface area (TPSA) is 52.0 Å². The molecule has 1 aliphatic carbocycles. The van der Waals surface area contributed by atoms with Gasteiger partial charge in [-0.1, -0.05) is 62.9 Å². The van der Waals surface area contributed by atoms with Gasteiger partial charge in [0.1, 0.15) is 11.5 Å². The summed E-state index contributed by atoms with van der Waals surface area (Å²) >= 11 is 0. The fourth-order valence-corrected chi connectivity index (χ4v) is 3.97. The Hall–Kier alpha value is -3.65. The van der Waals surface area contributed by atoms with Crippen LogP contribution in [0.3, 0.4) is 0 Å². The van der Waals surface area contributed by atoms with Gasteiger partial charge in [0.25, 0.3) is 6.43 Å². The number of anilines is 1. The molecule has 2 aromatic rings. The van der Waals surface area contributed by atoms with Crippen molar-refractivity contribution in [3.05, 3.63) is 95.6 Å². The van der Waals surface area contributed by atoms with Crippen molar-refractivity contribution in [2.45, 2.75) is 39.7 Å². The first-order chi connectivity index (χ1) is 18.0. The predicted molar refractivity (Wildman–Crippen MR) is 148 cm³/mol. The Balaban J connectivity index is 0.00000186. The molecule has 2 N–H and O–H groups in total. The molecule has 1 heterocycles. The maximum Gasteiger partial charge on any atom is 0.278 e. The molecule has 0 saturated carbocycles. The van der Waals surface area contributed by atoms with Gasteiger partial charge >= 0.3 is 0 Å². The Morgan fingerprint density at radius 1 is 1.08 bits per heavy atom. The smallest absolute Gasteiger partial charge is 0.278 e. The second kappa shape index (κ2) is 13.6. The molecule has 0 radical (unpaired) electrons. The van der Waals surface area contributed by atoms with Crippen LogP contribution in [0.25, 0.3) is 5.57 Å². The van der Waals surface area contributed by atoms with Gasteiger partial charge in [-0.05, 0) is 42.8 Å². The molecule has 4 rings (SSSR count). The Labute approximate surface area is 217 Å². The Kier molecular flexibility index (Phi) is 10.3. The third-order valence-corrected chi connectivity index (χ3v) is 5.91. The fraction of sp³-hybridized carbons (Fsp3) is 0.310. The largest absolute Gasteiger partial charge is 0.371 e. The van der Waals surface area contributed by atoms with Crippen LogP contribution in [0.2, 0.25) is 0 Å². The van der Waals surface area contributed by atoms with E-state index < -0.39 is 12.2 Å². The van der Waals surface area contributed by atoms with Crippen molar-refractivity contribution in [3.8, 4) is 0 Å². The van der Waals surface area contributed by atoms with E-state index in [1.54, 1.807) is 12.1 Å². The zero-order valence-corrected chi connectivity index (χ0v) is 21.6. The third kappa shape index (κ3) is 7.20. The van der Waals surface area contributed by atoms with Gasteiger partial charge in [-0.2, -0.15) is 10.2 Å². The molecular weight excluding hydrogens is 475 g/mol. The van der Waals surface area contributed by atoms with Crippen LogP contribution in [-0.4, -0.2) is 38.0 Å². The van der Waals surface area contributed by atoms with Crippen molar-refractivity contribution in [2.75, 3.05) is 25.0 Å². The number of allylic oxidation sites excluding steroid dienone is 4. The molecule has 8 heteroatoms. The van der Waals surface area contributed by atoms with Crippen molar-refractivity contribution >= 4 is 22.7 Å². The van der Waals surface area contributed by atoms with Crippen LogP contribution in [0, 0.1) is 5.82 Å². The Morgan fingerprint density at radius 2 is 1.89 bits per heavy atom. The monoisotopic (exact) mass is 509 g/mol. The van der Waals surface area contributed by atoms with E-state index in [-0.39, 0.29) is 18.7 Å². The van der Waals surface area contributed by atoms with Gasteiger partial charge in [0.2, 0.25) is 0 Å². The molecule has 0 bridgehead atoms. The minimum absolute atomic E-state index is 0.0775. The molecule has 2 aliphatic rings. The van der Waals surface area contributed by atoms with Crippen LogP contribution in [0.4, 0.5) is 18.9 Å². The van der Waals surface area contributed by atoms with Crippen molar-refractivity contribution in [1.29, 1.82) is 0 Å². The van der Waals surface area contributed by atoms with E-state index in [4.69, 9.17) is 0 Å². The number of nitrogens with zero attached hydrogens (tertiary/aromatic N) is 3. The number of rotatable bonds is 11. The molecule has 0 aromatic heterocycles. The van der Waals surface area contributed by atoms with E-state index in [0.717, 1.165) is 29.8 Å². The molecule has 0 spiro atoms. The molecule has 5 nitrogen and oxygen atoms in total. The van der Waals surface area contributed by atoms with E-state index >= 15 is 4.39 Å². The van der Waals surface area contributed by atoms with Gasteiger partial charge in [-0.15, -0.1) is 0 Å². The second-order valence-corrected chi connectivity index (χ2v) is 8.33. The van der Waals surface area contributed by atoms with Crippen LogP contribution < -0.4 is 15.5 Å². The highest BCUT2D eigenvalue weighted by Gasteiger charge is 2.23. The quantitative estimate of drug-likeness (QED) is 0.350. The predicted octanol–water partition coefficient (Wildman–Crippen LogP) is 6.30. The van der Waals surface area contributed by atoms with E-state index in [1.807, 2.05) is 44.0 Å². The van der Waals surface area contributed by atoms with Crippen LogP contribution in [0.15, 0.2) is 83.3 Å². The van der Waals surface area contributed by atoms with E-state index in [0.29, 0.717) is 29.2 Å². The summed E-state index contributed by atoms with van der Waals surface area (Å²) < 4.78 is 40.9. The van der Waals surface area contributed by atoms with E-state index in [1.165, 1.54) is 6.07 Å². The molecule has 37 heavy (non-hydrogen) atoms. The number of benzene rings is 2. The van der Waals surface area contributed by atoms with Gasteiger partial charge in [0.05, 0.1) is 18.1 Å². The normalized spacial score (nSPS) is 14.1. The molecule has 1 aliphatic heterocycles. The Bertz CT molecular complexity index is 1210.